The summed E-state index contributed by atoms with van der Waals surface area (Å²) < 4.78 is 0. The van der Waals surface area contributed by atoms with Gasteiger partial charge in [-0.15, -0.1) is 0 Å². The van der Waals surface area contributed by atoms with Crippen LogP contribution >= 0.6 is 0 Å². The molecule has 5 atom stereocenters. The minimum Gasteiger partial charge on any atom is -0.354 e. The molecule has 1 saturated carbocycles. The van der Waals surface area contributed by atoms with Crippen LogP contribution in [0.25, 0.3) is 0 Å². The van der Waals surface area contributed by atoms with E-state index in [0.717, 1.165) is 17.8 Å². The Kier molecular flexibility index (Phi) is 3.91. The van der Waals surface area contributed by atoms with Crippen molar-refractivity contribution in [2.24, 2.45) is 10.9 Å². The molecular weight excluding hydrogens is 231 g/mol. The van der Waals surface area contributed by atoms with Gasteiger partial charge in [0.2, 0.25) is 0 Å². The van der Waals surface area contributed by atoms with Crippen LogP contribution in [0.15, 0.2) is 4.99 Å². The van der Waals surface area contributed by atoms with Crippen molar-refractivity contribution in [2.75, 3.05) is 0 Å². The summed E-state index contributed by atoms with van der Waals surface area (Å²) in [6.07, 6.45) is 11.1. The van der Waals surface area contributed by atoms with Crippen molar-refractivity contribution in [3.8, 4) is 0 Å². The summed E-state index contributed by atoms with van der Waals surface area (Å²) in [6, 6.07) is 2.07. The first-order chi connectivity index (χ1) is 9.15. The smallest absolute Gasteiger partial charge is 0.105 e. The average molecular weight is 260 g/mol. The molecule has 2 heterocycles. The van der Waals surface area contributed by atoms with Crippen molar-refractivity contribution >= 4 is 13.7 Å². The fourth-order valence-corrected chi connectivity index (χ4v) is 4.78. The van der Waals surface area contributed by atoms with Gasteiger partial charge in [0.25, 0.3) is 0 Å². The normalized spacial score (nSPS) is 43.6. The Morgan fingerprint density at radius 2 is 1.89 bits per heavy atom. The first-order valence-corrected chi connectivity index (χ1v) is 8.50. The Bertz CT molecular complexity index is 355. The van der Waals surface area contributed by atoms with E-state index < -0.39 is 0 Å². The van der Waals surface area contributed by atoms with E-state index in [1.165, 1.54) is 57.2 Å². The largest absolute Gasteiger partial charge is 0.354 e. The highest BCUT2D eigenvalue weighted by Crippen LogP contribution is 2.41. The summed E-state index contributed by atoms with van der Waals surface area (Å²) in [6.45, 7) is 4.71. The molecule has 0 radical (unpaired) electrons. The molecule has 0 amide bonds. The molecule has 2 nitrogen and oxygen atoms in total. The third-order valence-electron chi connectivity index (χ3n) is 5.57. The first kappa shape index (κ1) is 13.5. The quantitative estimate of drug-likeness (QED) is 0.611. The van der Waals surface area contributed by atoms with E-state index in [2.05, 4.69) is 26.6 Å². The molecule has 1 aliphatic carbocycles. The molecule has 19 heavy (non-hydrogen) atoms. The second kappa shape index (κ2) is 5.50. The molecule has 106 valence electrons. The zero-order valence-corrected chi connectivity index (χ0v) is 12.9. The molecule has 0 aromatic heterocycles. The lowest BCUT2D eigenvalue weighted by atomic mass is 9.75. The van der Waals surface area contributed by atoms with E-state index in [-0.39, 0.29) is 0 Å². The van der Waals surface area contributed by atoms with Crippen LogP contribution in [0.3, 0.4) is 0 Å². The molecule has 0 aromatic carbocycles. The third kappa shape index (κ3) is 2.71. The van der Waals surface area contributed by atoms with Crippen molar-refractivity contribution in [3.63, 3.8) is 0 Å². The van der Waals surface area contributed by atoms with Crippen molar-refractivity contribution in [1.82, 2.24) is 4.90 Å². The lowest BCUT2D eigenvalue weighted by Crippen LogP contribution is -2.46. The van der Waals surface area contributed by atoms with Gasteiger partial charge in [0, 0.05) is 18.5 Å². The predicted molar refractivity (Wildman–Crippen MR) is 84.7 cm³/mol. The molecule has 1 saturated heterocycles. The molecule has 0 aromatic rings. The van der Waals surface area contributed by atoms with Crippen LogP contribution in [0.2, 0.25) is 5.82 Å². The highest BCUT2D eigenvalue weighted by molar-refractivity contribution is 6.11. The standard InChI is InChI=1S/C16H29BN2/c1-11-8-12(2)19-15-7-5-3-4-6-14(17)9-13(15)10-16(19)18-11/h11-15H,3-10,17H2,1-2H3. The summed E-state index contributed by atoms with van der Waals surface area (Å²) in [5, 5.41) is 0. The van der Waals surface area contributed by atoms with Crippen LogP contribution in [0.4, 0.5) is 0 Å². The average Bonchev–Trinajstić information content (AvgIpc) is 2.68. The third-order valence-corrected chi connectivity index (χ3v) is 5.57. The second-order valence-electron chi connectivity index (χ2n) is 7.40. The van der Waals surface area contributed by atoms with E-state index in [1.807, 2.05) is 0 Å². The van der Waals surface area contributed by atoms with Gasteiger partial charge in [0.1, 0.15) is 13.7 Å². The molecule has 3 aliphatic rings. The lowest BCUT2D eigenvalue weighted by Gasteiger charge is -2.39. The molecule has 0 spiro atoms. The molecule has 2 fully saturated rings. The number of hydrogen-bond donors (Lipinski definition) is 0. The minimum atomic E-state index is 0.547. The minimum absolute atomic E-state index is 0.547. The Hall–Kier alpha value is -0.465. The van der Waals surface area contributed by atoms with Crippen LogP contribution in [0.1, 0.15) is 65.2 Å². The van der Waals surface area contributed by atoms with Crippen LogP contribution in [0, 0.1) is 5.92 Å². The summed E-state index contributed by atoms with van der Waals surface area (Å²) >= 11 is 0. The van der Waals surface area contributed by atoms with Crippen molar-refractivity contribution in [1.29, 1.82) is 0 Å². The monoisotopic (exact) mass is 260 g/mol. The van der Waals surface area contributed by atoms with Crippen LogP contribution in [-0.2, 0) is 0 Å². The van der Waals surface area contributed by atoms with Gasteiger partial charge in [0.15, 0.2) is 0 Å². The van der Waals surface area contributed by atoms with Gasteiger partial charge in [-0.25, -0.2) is 0 Å². The van der Waals surface area contributed by atoms with Gasteiger partial charge in [-0.2, -0.15) is 0 Å². The van der Waals surface area contributed by atoms with Crippen LogP contribution in [-0.4, -0.2) is 36.7 Å². The van der Waals surface area contributed by atoms with E-state index >= 15 is 0 Å². The molecule has 0 N–H and O–H groups in total. The number of aliphatic imine (C=N–C) groups is 1. The van der Waals surface area contributed by atoms with Crippen molar-refractivity contribution in [3.05, 3.63) is 0 Å². The molecular formula is C16H29BN2. The number of nitrogens with zero attached hydrogens (tertiary/aromatic N) is 2. The molecule has 2 aliphatic heterocycles. The maximum atomic E-state index is 4.97. The number of amidine groups is 1. The van der Waals surface area contributed by atoms with E-state index in [0.29, 0.717) is 12.1 Å². The summed E-state index contributed by atoms with van der Waals surface area (Å²) in [4.78, 5) is 7.70. The highest BCUT2D eigenvalue weighted by atomic mass is 15.3. The fourth-order valence-electron chi connectivity index (χ4n) is 4.78. The Morgan fingerprint density at radius 1 is 1.11 bits per heavy atom. The summed E-state index contributed by atoms with van der Waals surface area (Å²) in [5.41, 5.74) is 0. The van der Waals surface area contributed by atoms with E-state index in [4.69, 9.17) is 4.99 Å². The van der Waals surface area contributed by atoms with Crippen molar-refractivity contribution < 1.29 is 0 Å². The lowest BCUT2D eigenvalue weighted by molar-refractivity contribution is 0.187. The number of hydrogen-bond acceptors (Lipinski definition) is 2. The second-order valence-corrected chi connectivity index (χ2v) is 7.40. The van der Waals surface area contributed by atoms with E-state index in [1.54, 1.807) is 0 Å². The van der Waals surface area contributed by atoms with Gasteiger partial charge in [0.05, 0.1) is 6.04 Å². The molecule has 0 bridgehead atoms. The van der Waals surface area contributed by atoms with Gasteiger partial charge in [-0.1, -0.05) is 37.9 Å². The SMILES string of the molecule is BC1CCCCCC2C(CC3=NC(C)CC(C)N32)C1. The van der Waals surface area contributed by atoms with Gasteiger partial charge in [-0.05, 0) is 32.6 Å². The number of fused-ring (bicyclic) bond motifs is 3. The van der Waals surface area contributed by atoms with Gasteiger partial charge in [-0.3, -0.25) is 4.99 Å². The zero-order chi connectivity index (χ0) is 13.4. The molecule has 3 rings (SSSR count). The van der Waals surface area contributed by atoms with Crippen LogP contribution in [0.5, 0.6) is 0 Å². The summed E-state index contributed by atoms with van der Waals surface area (Å²) in [5.74, 6) is 3.26. The Morgan fingerprint density at radius 3 is 2.74 bits per heavy atom. The number of rotatable bonds is 0. The van der Waals surface area contributed by atoms with Crippen molar-refractivity contribution in [2.45, 2.75) is 89.2 Å². The molecule has 5 unspecified atom stereocenters. The van der Waals surface area contributed by atoms with E-state index in [9.17, 15) is 0 Å². The first-order valence-electron chi connectivity index (χ1n) is 8.50. The van der Waals surface area contributed by atoms with Gasteiger partial charge >= 0.3 is 0 Å². The zero-order valence-electron chi connectivity index (χ0n) is 12.9. The van der Waals surface area contributed by atoms with Crippen LogP contribution < -0.4 is 0 Å². The van der Waals surface area contributed by atoms with Gasteiger partial charge < -0.3 is 4.90 Å². The summed E-state index contributed by atoms with van der Waals surface area (Å²) in [7, 11) is 2.47. The Balaban J connectivity index is 1.82. The predicted octanol–water partition coefficient (Wildman–Crippen LogP) is 3.03. The maximum Gasteiger partial charge on any atom is 0.105 e. The Labute approximate surface area is 119 Å². The highest BCUT2D eigenvalue weighted by Gasteiger charge is 2.42. The maximum absolute atomic E-state index is 4.97. The fraction of sp³-hybridized carbons (Fsp3) is 0.938. The topological polar surface area (TPSA) is 15.6 Å². The molecule has 3 heteroatoms.